The molecule has 1 aromatic carbocycles. The number of morpholine rings is 1. The van der Waals surface area contributed by atoms with Crippen molar-refractivity contribution >= 4 is 23.1 Å². The number of para-hydroxylation sites is 2. The third-order valence-corrected chi connectivity index (χ3v) is 5.47. The highest BCUT2D eigenvalue weighted by molar-refractivity contribution is 5.92. The molecule has 1 N–H and O–H groups in total. The molecule has 0 atom stereocenters. The first-order chi connectivity index (χ1) is 13.7. The average molecular weight is 381 g/mol. The number of nitrogens with zero attached hydrogens (tertiary/aromatic N) is 4. The van der Waals surface area contributed by atoms with E-state index < -0.39 is 0 Å². The largest absolute Gasteiger partial charge is 0.378 e. The van der Waals surface area contributed by atoms with E-state index in [9.17, 15) is 4.79 Å². The molecule has 7 nitrogen and oxygen atoms in total. The first-order valence-corrected chi connectivity index (χ1v) is 10.0. The lowest BCUT2D eigenvalue weighted by Crippen LogP contribution is -2.38. The molecule has 7 heteroatoms. The van der Waals surface area contributed by atoms with E-state index >= 15 is 0 Å². The lowest BCUT2D eigenvalue weighted by molar-refractivity contribution is 0.0690. The van der Waals surface area contributed by atoms with Gasteiger partial charge in [0, 0.05) is 26.2 Å². The van der Waals surface area contributed by atoms with Crippen LogP contribution in [0.5, 0.6) is 0 Å². The van der Waals surface area contributed by atoms with Crippen LogP contribution in [0, 0.1) is 5.92 Å². The van der Waals surface area contributed by atoms with Gasteiger partial charge in [-0.15, -0.1) is 10.2 Å². The number of nitrogens with one attached hydrogen (secondary N) is 1. The number of hydrogen-bond donors (Lipinski definition) is 1. The molecule has 3 heterocycles. The number of carbonyl (C=O) groups excluding carboxylic acids is 1. The number of rotatable bonds is 4. The molecular formula is C21H27N5O2. The second-order valence-electron chi connectivity index (χ2n) is 7.52. The second kappa shape index (κ2) is 8.56. The number of amides is 1. The summed E-state index contributed by atoms with van der Waals surface area (Å²) in [6.07, 6.45) is 2.11. The van der Waals surface area contributed by atoms with E-state index in [1.165, 1.54) is 0 Å². The van der Waals surface area contributed by atoms with Crippen LogP contribution >= 0.6 is 0 Å². The minimum Gasteiger partial charge on any atom is -0.378 e. The summed E-state index contributed by atoms with van der Waals surface area (Å²) >= 11 is 0. The highest BCUT2D eigenvalue weighted by Crippen LogP contribution is 2.28. The van der Waals surface area contributed by atoms with Gasteiger partial charge >= 0.3 is 0 Å². The van der Waals surface area contributed by atoms with Gasteiger partial charge in [0.2, 0.25) is 0 Å². The number of aromatic nitrogens is 2. The zero-order chi connectivity index (χ0) is 19.3. The van der Waals surface area contributed by atoms with E-state index in [2.05, 4.69) is 33.4 Å². The molecule has 4 rings (SSSR count). The lowest BCUT2D eigenvalue weighted by atomic mass is 9.99. The van der Waals surface area contributed by atoms with E-state index in [0.29, 0.717) is 17.4 Å². The van der Waals surface area contributed by atoms with Gasteiger partial charge in [0.15, 0.2) is 11.5 Å². The molecule has 0 spiro atoms. The molecule has 0 radical (unpaired) electrons. The second-order valence-corrected chi connectivity index (χ2v) is 7.52. The minimum atomic E-state index is -0.0281. The summed E-state index contributed by atoms with van der Waals surface area (Å²) in [5, 5.41) is 11.8. The van der Waals surface area contributed by atoms with Gasteiger partial charge < -0.3 is 19.9 Å². The van der Waals surface area contributed by atoms with Crippen molar-refractivity contribution in [1.29, 1.82) is 0 Å². The van der Waals surface area contributed by atoms with Crippen LogP contribution in [-0.2, 0) is 4.74 Å². The Balaban J connectivity index is 1.44. The number of ether oxygens (including phenoxy) is 1. The molecule has 2 aliphatic rings. The van der Waals surface area contributed by atoms with Crippen molar-refractivity contribution in [2.45, 2.75) is 19.8 Å². The Labute approximate surface area is 165 Å². The van der Waals surface area contributed by atoms with E-state index in [1.807, 2.05) is 29.2 Å². The van der Waals surface area contributed by atoms with Crippen molar-refractivity contribution in [2.24, 2.45) is 5.92 Å². The molecule has 1 amide bonds. The Morgan fingerprint density at radius 3 is 2.50 bits per heavy atom. The fourth-order valence-corrected chi connectivity index (χ4v) is 3.68. The molecule has 0 unspecified atom stereocenters. The fraction of sp³-hybridized carbons (Fsp3) is 0.476. The van der Waals surface area contributed by atoms with Gasteiger partial charge in [0.05, 0.1) is 24.6 Å². The van der Waals surface area contributed by atoms with Crippen LogP contribution in [0.25, 0.3) is 0 Å². The SMILES string of the molecule is CC1CCN(C(=O)c2ccc(Nc3ccccc3N3CCOCC3)nn2)CC1. The Kier molecular flexibility index (Phi) is 5.71. The van der Waals surface area contributed by atoms with Crippen LogP contribution in [0.3, 0.4) is 0 Å². The van der Waals surface area contributed by atoms with Gasteiger partial charge in [0.1, 0.15) is 0 Å². The van der Waals surface area contributed by atoms with Crippen molar-refractivity contribution in [2.75, 3.05) is 49.6 Å². The maximum atomic E-state index is 12.6. The molecule has 0 aliphatic carbocycles. The average Bonchev–Trinajstić information content (AvgIpc) is 2.75. The number of benzene rings is 1. The molecule has 2 fully saturated rings. The molecule has 2 saturated heterocycles. The van der Waals surface area contributed by atoms with E-state index in [-0.39, 0.29) is 5.91 Å². The van der Waals surface area contributed by atoms with Crippen molar-refractivity contribution in [3.8, 4) is 0 Å². The van der Waals surface area contributed by atoms with Crippen LogP contribution < -0.4 is 10.2 Å². The fourth-order valence-electron chi connectivity index (χ4n) is 3.68. The summed E-state index contributed by atoms with van der Waals surface area (Å²) in [5.74, 6) is 1.29. The lowest BCUT2D eigenvalue weighted by Gasteiger charge is -2.30. The van der Waals surface area contributed by atoms with Crippen LogP contribution in [0.1, 0.15) is 30.3 Å². The van der Waals surface area contributed by atoms with Crippen molar-refractivity contribution in [3.63, 3.8) is 0 Å². The van der Waals surface area contributed by atoms with Gasteiger partial charge in [-0.2, -0.15) is 0 Å². The Morgan fingerprint density at radius 1 is 1.04 bits per heavy atom. The minimum absolute atomic E-state index is 0.0281. The molecule has 28 heavy (non-hydrogen) atoms. The van der Waals surface area contributed by atoms with Crippen molar-refractivity contribution in [1.82, 2.24) is 15.1 Å². The van der Waals surface area contributed by atoms with Gasteiger partial charge in [-0.3, -0.25) is 4.79 Å². The standard InChI is InChI=1S/C21H27N5O2/c1-16-8-10-26(11-9-16)21(27)18-6-7-20(24-23-18)22-17-4-2-3-5-19(17)25-12-14-28-15-13-25/h2-7,16H,8-15H2,1H3,(H,22,24). The normalized spacial score (nSPS) is 18.2. The maximum absolute atomic E-state index is 12.6. The highest BCUT2D eigenvalue weighted by atomic mass is 16.5. The topological polar surface area (TPSA) is 70.6 Å². The molecular weight excluding hydrogens is 354 g/mol. The molecule has 2 aliphatic heterocycles. The zero-order valence-electron chi connectivity index (χ0n) is 16.3. The number of carbonyl (C=O) groups is 1. The number of piperidine rings is 1. The first kappa shape index (κ1) is 18.7. The molecule has 148 valence electrons. The quantitative estimate of drug-likeness (QED) is 0.878. The maximum Gasteiger partial charge on any atom is 0.274 e. The predicted octanol–water partition coefficient (Wildman–Crippen LogP) is 2.93. The zero-order valence-corrected chi connectivity index (χ0v) is 16.3. The highest BCUT2D eigenvalue weighted by Gasteiger charge is 2.22. The molecule has 0 saturated carbocycles. The number of likely N-dealkylation sites (tertiary alicyclic amines) is 1. The smallest absolute Gasteiger partial charge is 0.274 e. The Morgan fingerprint density at radius 2 is 1.79 bits per heavy atom. The van der Waals surface area contributed by atoms with E-state index in [1.54, 1.807) is 6.07 Å². The van der Waals surface area contributed by atoms with Crippen LogP contribution in [-0.4, -0.2) is 60.4 Å². The Bertz CT molecular complexity index is 797. The third kappa shape index (κ3) is 4.25. The molecule has 1 aromatic heterocycles. The van der Waals surface area contributed by atoms with Crippen molar-refractivity contribution in [3.05, 3.63) is 42.1 Å². The van der Waals surface area contributed by atoms with Gasteiger partial charge in [-0.25, -0.2) is 0 Å². The monoisotopic (exact) mass is 381 g/mol. The number of anilines is 3. The predicted molar refractivity (Wildman–Crippen MR) is 109 cm³/mol. The summed E-state index contributed by atoms with van der Waals surface area (Å²) in [6.45, 7) is 7.04. The Hall–Kier alpha value is -2.67. The van der Waals surface area contributed by atoms with Crippen LogP contribution in [0.2, 0.25) is 0 Å². The summed E-state index contributed by atoms with van der Waals surface area (Å²) in [4.78, 5) is 16.8. The summed E-state index contributed by atoms with van der Waals surface area (Å²) in [7, 11) is 0. The van der Waals surface area contributed by atoms with Gasteiger partial charge in [-0.05, 0) is 43.0 Å². The third-order valence-electron chi connectivity index (χ3n) is 5.47. The molecule has 0 bridgehead atoms. The van der Waals surface area contributed by atoms with Gasteiger partial charge in [0.25, 0.3) is 5.91 Å². The van der Waals surface area contributed by atoms with Gasteiger partial charge in [-0.1, -0.05) is 19.1 Å². The number of hydrogen-bond acceptors (Lipinski definition) is 6. The summed E-state index contributed by atoms with van der Waals surface area (Å²) in [6, 6.07) is 11.7. The van der Waals surface area contributed by atoms with E-state index in [4.69, 9.17) is 4.74 Å². The van der Waals surface area contributed by atoms with E-state index in [0.717, 1.165) is 63.6 Å². The summed E-state index contributed by atoms with van der Waals surface area (Å²) in [5.41, 5.74) is 2.50. The van der Waals surface area contributed by atoms with Crippen molar-refractivity contribution < 1.29 is 9.53 Å². The first-order valence-electron chi connectivity index (χ1n) is 10.0. The van der Waals surface area contributed by atoms with Crippen LogP contribution in [0.15, 0.2) is 36.4 Å². The molecule has 2 aromatic rings. The summed E-state index contributed by atoms with van der Waals surface area (Å²) < 4.78 is 5.45. The van der Waals surface area contributed by atoms with Crippen LogP contribution in [0.4, 0.5) is 17.2 Å².